The molecule has 3 aromatic carbocycles. The zero-order valence-electron chi connectivity index (χ0n) is 73.5. The number of ether oxygens (including phenoxy) is 9. The topological polar surface area (TPSA) is 616 Å². The van der Waals surface area contributed by atoms with Crippen LogP contribution in [-0.4, -0.2) is 324 Å². The number of nitrogens with zero attached hydrogens (tertiary/aromatic N) is 3. The van der Waals surface area contributed by atoms with E-state index in [2.05, 4.69) is 77.6 Å². The molecule has 11 atom stereocenters. The van der Waals surface area contributed by atoms with Gasteiger partial charge in [-0.2, -0.15) is 15.4 Å². The number of aromatic amines is 1. The van der Waals surface area contributed by atoms with Crippen LogP contribution in [0.5, 0.6) is 5.75 Å². The highest BCUT2D eigenvalue weighted by Gasteiger charge is 2.47. The second kappa shape index (κ2) is 61.1. The van der Waals surface area contributed by atoms with Gasteiger partial charge in [0.05, 0.1) is 84.8 Å². The number of hydrogen-bond acceptors (Lipinski definition) is 32. The number of H-pyrrole nitrogens is 1. The van der Waals surface area contributed by atoms with Crippen LogP contribution in [0.4, 0.5) is 5.69 Å². The largest absolute Gasteiger partial charge is 0.756 e. The van der Waals surface area contributed by atoms with E-state index in [1.807, 2.05) is 55.5 Å². The Morgan fingerprint density at radius 3 is 1.43 bits per heavy atom. The minimum atomic E-state index is -4.17. The quantitative estimate of drug-likeness (QED) is 0.0178. The van der Waals surface area contributed by atoms with Crippen LogP contribution in [0.15, 0.2) is 66.7 Å². The van der Waals surface area contributed by atoms with Gasteiger partial charge < -0.3 is 145 Å². The molecule has 720 valence electrons. The van der Waals surface area contributed by atoms with E-state index in [1.165, 1.54) is 32.0 Å². The Hall–Kier alpha value is -9.68. The summed E-state index contributed by atoms with van der Waals surface area (Å²) < 4.78 is 69.9. The Kier molecular flexibility index (Phi) is 51.2. The Labute approximate surface area is 748 Å². The standard InChI is InChI=1S/C58H97N9O24.C26H32N5O6P/c1-4-21-83-26-28-85-30-31-86-29-27-84-24-13-48(76)63-20-25-87-41-33-39(55(81)64-14-11-46(74)61-18-16-59-44(72)9-5-7-22-88-57-49(66-37(2)70)53(79)51(77)42(35-68)90-57)32-40(34-41)56(82)65-15-12-47(75)62-19-17-60-45(73)10-6-8-23-89-58-50(67-38(3)71)54(80)52(78)43(36-69)91-58;1-36-38(34,35)37-17-9-3-2-8-16-27-23(32)14-15-24(33)31-18-19-10-4-5-11-20(19)25-26(29-30-28-25)21-12-6-7-13-22(21)31/h32-34,42-43,49-54,57-58,68-69,77-80H,4-31,35-36H2,1-3H3,(H,59,72)(H,60,73)(H,61,74)(H,62,75)(H,63,76)(H,64,81)(H,65,82)(H,66,70)(H,67,71);4-7,10-13H,2-3,8-9,14-18H2,1H3,(H,27,32)(H,34,35)(H,28,29,30)/p-1. The van der Waals surface area contributed by atoms with Crippen molar-refractivity contribution in [2.75, 3.05) is 157 Å². The van der Waals surface area contributed by atoms with Crippen LogP contribution < -0.4 is 67.7 Å². The monoisotopic (exact) mass is 1840 g/mol. The lowest BCUT2D eigenvalue weighted by Gasteiger charge is -2.42. The highest BCUT2D eigenvalue weighted by atomic mass is 31.2. The third kappa shape index (κ3) is 40.7. The van der Waals surface area contributed by atoms with Crippen LogP contribution in [0, 0.1) is 0 Å². The maximum absolute atomic E-state index is 13.4. The number of aromatic nitrogens is 3. The summed E-state index contributed by atoms with van der Waals surface area (Å²) in [5.41, 5.74) is 4.79. The lowest BCUT2D eigenvalue weighted by molar-refractivity contribution is -0.270. The van der Waals surface area contributed by atoms with E-state index >= 15 is 0 Å². The van der Waals surface area contributed by atoms with Crippen molar-refractivity contribution in [2.24, 2.45) is 0 Å². The van der Waals surface area contributed by atoms with Crippen LogP contribution in [-0.2, 0) is 101 Å². The van der Waals surface area contributed by atoms with Gasteiger partial charge in [0.2, 0.25) is 53.2 Å². The first-order chi connectivity index (χ1) is 62.2. The molecule has 4 aromatic rings. The SMILES string of the molecule is CCCOCCOCCOCCOCCC(=O)NCCOc1cc(C(=O)NCCC(=O)NCCNC(=O)CCCCOC2OC(CO)C(O)C(O)C2NC(C)=O)cc(C(=O)NCCC(=O)NCCNC(=O)CCCCOC2OC(CO)C(O)C(O)C2NC(C)=O)c1.COP(=O)([O-])OCCCCCCNC(=O)CCC(=O)N1Cc2ccccc2-c2n[nH]nc2-c2ccccc21. The van der Waals surface area contributed by atoms with E-state index in [0.717, 1.165) is 60.9 Å². The number of aliphatic hydroxyl groups is 6. The van der Waals surface area contributed by atoms with Gasteiger partial charge in [0, 0.05) is 154 Å². The fraction of sp³-hybridized carbons (Fsp3) is 0.631. The molecule has 4 heterocycles. The van der Waals surface area contributed by atoms with Crippen LogP contribution in [0.2, 0.25) is 0 Å². The Morgan fingerprint density at radius 1 is 0.473 bits per heavy atom. The van der Waals surface area contributed by atoms with Crippen molar-refractivity contribution in [1.29, 1.82) is 0 Å². The maximum Gasteiger partial charge on any atom is 0.267 e. The number of anilines is 1. The van der Waals surface area contributed by atoms with Gasteiger partial charge in [0.15, 0.2) is 12.6 Å². The second-order valence-electron chi connectivity index (χ2n) is 30.0. The Morgan fingerprint density at radius 2 is 0.915 bits per heavy atom. The van der Waals surface area contributed by atoms with Crippen molar-refractivity contribution in [3.63, 3.8) is 0 Å². The maximum atomic E-state index is 13.4. The lowest BCUT2D eigenvalue weighted by Crippen LogP contribution is -2.64. The number of fused-ring (bicyclic) bond motifs is 5. The zero-order chi connectivity index (χ0) is 93.7. The molecule has 7 rings (SSSR count). The number of nitrogens with one attached hydrogen (secondary N) is 11. The van der Waals surface area contributed by atoms with Crippen molar-refractivity contribution in [1.82, 2.24) is 68.6 Å². The Bertz CT molecular complexity index is 4030. The third-order valence-corrected chi connectivity index (χ3v) is 20.8. The average Bonchev–Trinajstić information content (AvgIpc) is 1.67. The first-order valence-corrected chi connectivity index (χ1v) is 44.8. The van der Waals surface area contributed by atoms with Crippen molar-refractivity contribution < 1.29 is 145 Å². The number of amides is 11. The molecule has 0 radical (unpaired) electrons. The summed E-state index contributed by atoms with van der Waals surface area (Å²) in [4.78, 5) is 151. The van der Waals surface area contributed by atoms with Crippen LogP contribution >= 0.6 is 7.82 Å². The molecule has 129 heavy (non-hydrogen) atoms. The minimum Gasteiger partial charge on any atom is -0.756 e. The molecule has 2 saturated heterocycles. The van der Waals surface area contributed by atoms with E-state index < -0.39 is 118 Å². The molecule has 44 nitrogen and oxygen atoms in total. The fourth-order valence-corrected chi connectivity index (χ4v) is 13.6. The first kappa shape index (κ1) is 108. The van der Waals surface area contributed by atoms with Crippen LogP contribution in [0.3, 0.4) is 0 Å². The van der Waals surface area contributed by atoms with Gasteiger partial charge in [-0.25, -0.2) is 0 Å². The van der Waals surface area contributed by atoms with E-state index in [4.69, 9.17) is 42.6 Å². The van der Waals surface area contributed by atoms with Crippen molar-refractivity contribution in [2.45, 2.75) is 191 Å². The summed E-state index contributed by atoms with van der Waals surface area (Å²) in [5, 5.41) is 98.1. The van der Waals surface area contributed by atoms with E-state index in [1.54, 1.807) is 4.90 Å². The molecular weight excluding hydrogens is 1720 g/mol. The van der Waals surface area contributed by atoms with Crippen molar-refractivity contribution in [3.8, 4) is 28.3 Å². The number of unbranched alkanes of at least 4 members (excludes halogenated alkanes) is 5. The van der Waals surface area contributed by atoms with Crippen LogP contribution in [0.1, 0.15) is 150 Å². The van der Waals surface area contributed by atoms with Crippen molar-refractivity contribution in [3.05, 3.63) is 83.4 Å². The fourth-order valence-electron chi connectivity index (χ4n) is 13.2. The molecule has 0 saturated carbocycles. The molecule has 2 fully saturated rings. The number of carbonyl (C=O) groups excluding carboxylic acids is 11. The van der Waals surface area contributed by atoms with Gasteiger partial charge in [0.1, 0.15) is 72.5 Å². The molecule has 17 N–H and O–H groups in total. The molecule has 3 aliphatic rings. The zero-order valence-corrected chi connectivity index (χ0v) is 74.4. The van der Waals surface area contributed by atoms with Gasteiger partial charge in [-0.05, 0) is 74.8 Å². The molecule has 0 aliphatic carbocycles. The number of benzene rings is 3. The van der Waals surface area contributed by atoms with E-state index in [-0.39, 0.29) is 177 Å². The summed E-state index contributed by atoms with van der Waals surface area (Å²) in [7, 11) is -3.11. The molecule has 3 aliphatic heterocycles. The van der Waals surface area contributed by atoms with Gasteiger partial charge in [-0.1, -0.05) is 62.2 Å². The third-order valence-electron chi connectivity index (χ3n) is 19.9. The second-order valence-corrected chi connectivity index (χ2v) is 31.5. The predicted molar refractivity (Wildman–Crippen MR) is 459 cm³/mol. The summed E-state index contributed by atoms with van der Waals surface area (Å²) in [6.45, 7) is 7.79. The molecule has 1 aromatic heterocycles. The minimum absolute atomic E-state index is 0.00397. The van der Waals surface area contributed by atoms with E-state index in [9.17, 15) is 92.8 Å². The van der Waals surface area contributed by atoms with Gasteiger partial charge in [-0.3, -0.25) is 57.3 Å². The van der Waals surface area contributed by atoms with Gasteiger partial charge >= 0.3 is 0 Å². The summed E-state index contributed by atoms with van der Waals surface area (Å²) in [6, 6.07) is 17.3. The van der Waals surface area contributed by atoms with Crippen molar-refractivity contribution >= 4 is 78.5 Å². The first-order valence-electron chi connectivity index (χ1n) is 43.4. The Balaban J connectivity index is 0.000000555. The number of phosphoric ester groups is 1. The summed E-state index contributed by atoms with van der Waals surface area (Å²) in [6.07, 6.45) is -4.81. The average molecular weight is 1840 g/mol. The summed E-state index contributed by atoms with van der Waals surface area (Å²) in [5.74, 6) is -4.30. The van der Waals surface area contributed by atoms with Crippen LogP contribution in [0.25, 0.3) is 22.5 Å². The number of rotatable bonds is 60. The van der Waals surface area contributed by atoms with Gasteiger partial charge in [-0.15, -0.1) is 0 Å². The number of hydrogen-bond donors (Lipinski definition) is 17. The number of para-hydroxylation sites is 1. The highest BCUT2D eigenvalue weighted by molar-refractivity contribution is 7.45. The molecule has 11 unspecified atom stereocenters. The molecule has 0 bridgehead atoms. The van der Waals surface area contributed by atoms with E-state index in [0.29, 0.717) is 90.5 Å². The smallest absolute Gasteiger partial charge is 0.267 e. The summed E-state index contributed by atoms with van der Waals surface area (Å²) >= 11 is 0. The normalized spacial score (nSPS) is 19.0. The van der Waals surface area contributed by atoms with Gasteiger partial charge in [0.25, 0.3) is 19.6 Å². The predicted octanol–water partition coefficient (Wildman–Crippen LogP) is -1.41. The molecule has 11 amide bonds. The molecule has 0 spiro atoms. The molecule has 45 heteroatoms. The highest BCUT2D eigenvalue weighted by Crippen LogP contribution is 2.41. The molecular formula is C84H128N14O30P-. The lowest BCUT2D eigenvalue weighted by atomic mass is 9.95. The number of carbonyl (C=O) groups is 11. The number of phosphoric acid groups is 1. The number of aliphatic hydroxyl groups excluding tert-OH is 6.